The van der Waals surface area contributed by atoms with Crippen LogP contribution in [0.5, 0.6) is 5.75 Å². The first-order valence-electron chi connectivity index (χ1n) is 12.0. The molecule has 196 valence electrons. The smallest absolute Gasteiger partial charge is 0.251 e. The van der Waals surface area contributed by atoms with Crippen molar-refractivity contribution in [1.29, 1.82) is 0 Å². The Morgan fingerprint density at radius 3 is 2.26 bits per heavy atom. The number of rotatable bonds is 8. The summed E-state index contributed by atoms with van der Waals surface area (Å²) in [4.78, 5) is 30.1. The summed E-state index contributed by atoms with van der Waals surface area (Å²) in [5.41, 5.74) is 1.15. The standard InChI is InChI=1S/C28H29FN6O3/c1-28(2,3)30-27(37)25(19-12-16-23(38-4)17-13-19)35(22-8-6-5-7-9-22)24(36)18-34-32-26(31-33-34)20-10-14-21(29)15-11-20/h5-17,25H,18H2,1-4H3,(H,30,37)/t25-/m1/s1. The molecule has 0 radical (unpaired) electrons. The number of tetrazole rings is 1. The number of benzene rings is 3. The van der Waals surface area contributed by atoms with Gasteiger partial charge in [0, 0.05) is 16.8 Å². The van der Waals surface area contributed by atoms with E-state index in [1.165, 1.54) is 29.2 Å². The van der Waals surface area contributed by atoms with Gasteiger partial charge in [0.15, 0.2) is 0 Å². The highest BCUT2D eigenvalue weighted by atomic mass is 19.1. The number of halogens is 1. The number of anilines is 1. The first-order chi connectivity index (χ1) is 18.1. The molecule has 1 heterocycles. The molecule has 38 heavy (non-hydrogen) atoms. The average molecular weight is 517 g/mol. The van der Waals surface area contributed by atoms with Crippen LogP contribution in [0.15, 0.2) is 78.9 Å². The first kappa shape index (κ1) is 26.5. The number of para-hydroxylation sites is 1. The normalized spacial score (nSPS) is 12.0. The van der Waals surface area contributed by atoms with E-state index in [9.17, 15) is 14.0 Å². The van der Waals surface area contributed by atoms with Crippen LogP contribution in [0.4, 0.5) is 10.1 Å². The van der Waals surface area contributed by atoms with Crippen LogP contribution in [0.3, 0.4) is 0 Å². The van der Waals surface area contributed by atoms with Gasteiger partial charge in [0.05, 0.1) is 7.11 Å². The molecule has 0 unspecified atom stereocenters. The van der Waals surface area contributed by atoms with E-state index in [2.05, 4.69) is 20.7 Å². The summed E-state index contributed by atoms with van der Waals surface area (Å²) in [5.74, 6) is -0.279. The number of carbonyl (C=O) groups excluding carboxylic acids is 2. The molecule has 4 aromatic rings. The number of carbonyl (C=O) groups is 2. The van der Waals surface area contributed by atoms with Crippen molar-refractivity contribution in [3.05, 3.63) is 90.2 Å². The van der Waals surface area contributed by atoms with E-state index in [0.717, 1.165) is 4.80 Å². The molecule has 0 aliphatic rings. The van der Waals surface area contributed by atoms with Crippen LogP contribution in [-0.4, -0.2) is 44.7 Å². The second kappa shape index (κ2) is 11.2. The van der Waals surface area contributed by atoms with Gasteiger partial charge in [-0.2, -0.15) is 4.80 Å². The van der Waals surface area contributed by atoms with E-state index in [-0.39, 0.29) is 24.1 Å². The largest absolute Gasteiger partial charge is 0.497 e. The quantitative estimate of drug-likeness (QED) is 0.377. The van der Waals surface area contributed by atoms with Gasteiger partial charge < -0.3 is 10.1 Å². The van der Waals surface area contributed by atoms with Gasteiger partial charge in [-0.05, 0) is 80.1 Å². The molecule has 0 spiro atoms. The van der Waals surface area contributed by atoms with Gasteiger partial charge in [-0.15, -0.1) is 10.2 Å². The maximum atomic E-state index is 13.9. The summed E-state index contributed by atoms with van der Waals surface area (Å²) < 4.78 is 18.6. The molecule has 1 aromatic heterocycles. The molecule has 10 heteroatoms. The average Bonchev–Trinajstić information content (AvgIpc) is 3.35. The number of amides is 2. The molecule has 2 amide bonds. The number of hydrogen-bond acceptors (Lipinski definition) is 6. The molecule has 1 atom stereocenters. The van der Waals surface area contributed by atoms with Gasteiger partial charge in [-0.3, -0.25) is 14.5 Å². The molecule has 3 aromatic carbocycles. The first-order valence-corrected chi connectivity index (χ1v) is 12.0. The lowest BCUT2D eigenvalue weighted by Gasteiger charge is -2.33. The zero-order valence-corrected chi connectivity index (χ0v) is 21.6. The molecule has 0 aliphatic heterocycles. The molecule has 0 fully saturated rings. The molecule has 0 aliphatic carbocycles. The Labute approximate surface area is 220 Å². The third-order valence-corrected chi connectivity index (χ3v) is 5.57. The summed E-state index contributed by atoms with van der Waals surface area (Å²) >= 11 is 0. The Balaban J connectivity index is 1.72. The Morgan fingerprint density at radius 2 is 1.66 bits per heavy atom. The number of aromatic nitrogens is 4. The maximum absolute atomic E-state index is 13.9. The van der Waals surface area contributed by atoms with Crippen LogP contribution in [-0.2, 0) is 16.1 Å². The summed E-state index contributed by atoms with van der Waals surface area (Å²) in [7, 11) is 1.56. The van der Waals surface area contributed by atoms with E-state index >= 15 is 0 Å². The monoisotopic (exact) mass is 516 g/mol. The number of hydrogen-bond donors (Lipinski definition) is 1. The number of ether oxygens (including phenoxy) is 1. The molecule has 1 N–H and O–H groups in total. The van der Waals surface area contributed by atoms with Gasteiger partial charge in [-0.1, -0.05) is 30.3 Å². The van der Waals surface area contributed by atoms with E-state index in [1.807, 2.05) is 26.8 Å². The van der Waals surface area contributed by atoms with Crippen LogP contribution < -0.4 is 15.0 Å². The van der Waals surface area contributed by atoms with Crippen LogP contribution >= 0.6 is 0 Å². The van der Waals surface area contributed by atoms with E-state index in [1.54, 1.807) is 55.6 Å². The van der Waals surface area contributed by atoms with Crippen LogP contribution in [0.2, 0.25) is 0 Å². The fraction of sp³-hybridized carbons (Fsp3) is 0.250. The lowest BCUT2D eigenvalue weighted by Crippen LogP contribution is -2.50. The Morgan fingerprint density at radius 1 is 1.00 bits per heavy atom. The molecule has 0 saturated heterocycles. The van der Waals surface area contributed by atoms with Gasteiger partial charge in [0.2, 0.25) is 11.7 Å². The number of nitrogens with one attached hydrogen (secondary N) is 1. The van der Waals surface area contributed by atoms with Crippen molar-refractivity contribution >= 4 is 17.5 Å². The Hall–Kier alpha value is -4.60. The summed E-state index contributed by atoms with van der Waals surface area (Å²) in [6.45, 7) is 5.35. The van der Waals surface area contributed by atoms with E-state index in [0.29, 0.717) is 22.6 Å². The topological polar surface area (TPSA) is 102 Å². The van der Waals surface area contributed by atoms with Crippen LogP contribution in [0, 0.1) is 5.82 Å². The zero-order valence-electron chi connectivity index (χ0n) is 21.6. The number of methoxy groups -OCH3 is 1. The highest BCUT2D eigenvalue weighted by Gasteiger charge is 2.34. The van der Waals surface area contributed by atoms with Crippen molar-refractivity contribution in [2.24, 2.45) is 0 Å². The second-order valence-corrected chi connectivity index (χ2v) is 9.66. The maximum Gasteiger partial charge on any atom is 0.251 e. The predicted octanol–water partition coefficient (Wildman–Crippen LogP) is 4.18. The van der Waals surface area contributed by atoms with Crippen molar-refractivity contribution in [2.45, 2.75) is 38.9 Å². The SMILES string of the molecule is COc1ccc([C@H](C(=O)NC(C)(C)C)N(C(=O)Cn2nnc(-c3ccc(F)cc3)n2)c2ccccc2)cc1. The zero-order chi connectivity index (χ0) is 27.3. The molecule has 4 rings (SSSR count). The molecule has 9 nitrogen and oxygen atoms in total. The molecule has 0 bridgehead atoms. The Kier molecular flexibility index (Phi) is 7.80. The third-order valence-electron chi connectivity index (χ3n) is 5.57. The highest BCUT2D eigenvalue weighted by Crippen LogP contribution is 2.30. The van der Waals surface area contributed by atoms with Crippen LogP contribution in [0.25, 0.3) is 11.4 Å². The molecular formula is C28H29FN6O3. The highest BCUT2D eigenvalue weighted by molar-refractivity contribution is 6.01. The predicted molar refractivity (Wildman–Crippen MR) is 141 cm³/mol. The van der Waals surface area contributed by atoms with Gasteiger partial charge >= 0.3 is 0 Å². The molecule has 0 saturated carbocycles. The third kappa shape index (κ3) is 6.39. The fourth-order valence-corrected chi connectivity index (χ4v) is 3.89. The van der Waals surface area contributed by atoms with Gasteiger partial charge in [0.1, 0.15) is 24.2 Å². The Bertz CT molecular complexity index is 1380. The van der Waals surface area contributed by atoms with E-state index in [4.69, 9.17) is 4.74 Å². The van der Waals surface area contributed by atoms with E-state index < -0.39 is 17.5 Å². The minimum absolute atomic E-state index is 0.251. The van der Waals surface area contributed by atoms with Crippen molar-refractivity contribution in [1.82, 2.24) is 25.5 Å². The van der Waals surface area contributed by atoms with Gasteiger partial charge in [-0.25, -0.2) is 4.39 Å². The summed E-state index contributed by atoms with van der Waals surface area (Å²) in [6, 6.07) is 20.6. The number of nitrogens with zero attached hydrogens (tertiary/aromatic N) is 5. The summed E-state index contributed by atoms with van der Waals surface area (Å²) in [5, 5.41) is 15.3. The van der Waals surface area contributed by atoms with Crippen molar-refractivity contribution in [3.63, 3.8) is 0 Å². The fourth-order valence-electron chi connectivity index (χ4n) is 3.89. The lowest BCUT2D eigenvalue weighted by atomic mass is 10.0. The van der Waals surface area contributed by atoms with Crippen LogP contribution in [0.1, 0.15) is 32.4 Å². The minimum Gasteiger partial charge on any atom is -0.497 e. The molecular weight excluding hydrogens is 487 g/mol. The lowest BCUT2D eigenvalue weighted by molar-refractivity contribution is -0.128. The van der Waals surface area contributed by atoms with Crippen molar-refractivity contribution in [2.75, 3.05) is 12.0 Å². The second-order valence-electron chi connectivity index (χ2n) is 9.66. The minimum atomic E-state index is -0.991. The van der Waals surface area contributed by atoms with Crippen molar-refractivity contribution < 1.29 is 18.7 Å². The summed E-state index contributed by atoms with van der Waals surface area (Å²) in [6.07, 6.45) is 0. The van der Waals surface area contributed by atoms with Crippen molar-refractivity contribution in [3.8, 4) is 17.1 Å². The van der Waals surface area contributed by atoms with Gasteiger partial charge in [0.25, 0.3) is 5.91 Å².